The zero-order chi connectivity index (χ0) is 46.0. The van der Waals surface area contributed by atoms with E-state index in [9.17, 15) is 35.1 Å². The number of nitrogens with one attached hydrogen (secondary N) is 1. The molecule has 0 aromatic carbocycles. The van der Waals surface area contributed by atoms with Gasteiger partial charge in [-0.25, -0.2) is 0 Å². The molecule has 0 unspecified atom stereocenters. The number of nitrogens with zero attached hydrogens (tertiary/aromatic N) is 1. The van der Waals surface area contributed by atoms with E-state index in [1.807, 2.05) is 18.5 Å². The first-order chi connectivity index (χ1) is 30.9. The molecule has 10 rings (SSSR count). The molecule has 1 spiro atoms. The van der Waals surface area contributed by atoms with Gasteiger partial charge < -0.3 is 46.7 Å². The van der Waals surface area contributed by atoms with Gasteiger partial charge in [0.1, 0.15) is 0 Å². The molecule has 2 heterocycles. The monoisotopic (exact) mass is 895 g/mol. The summed E-state index contributed by atoms with van der Waals surface area (Å²) in [5.41, 5.74) is 10.2. The largest absolute Gasteiger partial charge is 0.465 e. The highest BCUT2D eigenvalue weighted by atomic mass is 16.5. The van der Waals surface area contributed by atoms with Crippen molar-refractivity contribution in [2.45, 2.75) is 147 Å². The number of aliphatic hydroxyl groups excluding tert-OH is 3. The maximum absolute atomic E-state index is 14.5. The lowest BCUT2D eigenvalue weighted by atomic mass is 9.38. The molecule has 12 nitrogen and oxygen atoms in total. The average Bonchev–Trinajstić information content (AvgIpc) is 3.98. The van der Waals surface area contributed by atoms with Gasteiger partial charge >= 0.3 is 5.97 Å². The number of guanidine groups is 1. The van der Waals surface area contributed by atoms with Gasteiger partial charge in [0, 0.05) is 54.4 Å². The highest BCUT2D eigenvalue weighted by Crippen LogP contribution is 2.76. The van der Waals surface area contributed by atoms with Crippen molar-refractivity contribution in [3.63, 3.8) is 0 Å². The summed E-state index contributed by atoms with van der Waals surface area (Å²) in [5, 5.41) is 62.5. The highest BCUT2D eigenvalue weighted by Gasteiger charge is 2.77. The van der Waals surface area contributed by atoms with Crippen LogP contribution in [0.5, 0.6) is 0 Å². The van der Waals surface area contributed by atoms with E-state index in [-0.39, 0.29) is 97.5 Å². The smallest absolute Gasteiger partial charge is 0.313 e. The molecule has 2 bridgehead atoms. The molecule has 65 heavy (non-hydrogen) atoms. The lowest BCUT2D eigenvalue weighted by molar-refractivity contribution is -0.226. The van der Waals surface area contributed by atoms with Crippen molar-refractivity contribution in [3.05, 3.63) is 47.3 Å². The zero-order valence-corrected chi connectivity index (χ0v) is 38.9. The third kappa shape index (κ3) is 6.97. The first-order valence-electron chi connectivity index (χ1n) is 25.2. The van der Waals surface area contributed by atoms with Crippen LogP contribution in [0.2, 0.25) is 0 Å². The lowest BCUT2D eigenvalue weighted by Crippen LogP contribution is -2.69. The van der Waals surface area contributed by atoms with E-state index in [2.05, 4.69) is 48.7 Å². The number of ether oxygens (including phenoxy) is 1. The number of carbonyl (C=O) groups is 2. The molecule has 12 heteroatoms. The number of esters is 1. The van der Waals surface area contributed by atoms with E-state index in [0.29, 0.717) is 43.1 Å². The molecule has 1 aliphatic heterocycles. The van der Waals surface area contributed by atoms with Gasteiger partial charge in [-0.3, -0.25) is 14.6 Å². The van der Waals surface area contributed by atoms with E-state index < -0.39 is 64.0 Å². The van der Waals surface area contributed by atoms with Crippen LogP contribution in [0.4, 0.5) is 0 Å². The summed E-state index contributed by atoms with van der Waals surface area (Å²) in [4.78, 5) is 35.9. The van der Waals surface area contributed by atoms with Gasteiger partial charge in [-0.2, -0.15) is 0 Å². The second kappa shape index (κ2) is 16.4. The topological polar surface area (TPSA) is 225 Å². The number of aromatic amines is 1. The fourth-order valence-corrected chi connectivity index (χ4v) is 17.5. The second-order valence-electron chi connectivity index (χ2n) is 23.5. The Bertz CT molecular complexity index is 2190. The van der Waals surface area contributed by atoms with Crippen molar-refractivity contribution >= 4 is 17.7 Å². The van der Waals surface area contributed by atoms with E-state index in [0.717, 1.165) is 37.7 Å². The SMILES string of the molecule is C[C@@H]1CCC2=CC[C@@H]3[C@@H](C[C@H]([C@@H]4COC(=O)[C@H]4c4cc[nH]c4)C#CC[C@H]4C[C@@]5(O)C6=CC(=O)[C@@H]7C[C@@H](O)[C@@H](O)C[C@]7(C)[C@H]6[C@H]6CC[C@@H](CN=C(N)N)[C@@]5(C6)[C@H]4[C@@](C)(O)[C@H](O)C[C@H]3C)[C@@H]2C1. The van der Waals surface area contributed by atoms with Crippen molar-refractivity contribution in [3.8, 4) is 11.8 Å². The number of nitrogens with two attached hydrogens (primary N) is 2. The lowest BCUT2D eigenvalue weighted by Gasteiger charge is -2.67. The number of aromatic nitrogens is 1. The van der Waals surface area contributed by atoms with Crippen LogP contribution in [-0.2, 0) is 14.3 Å². The molecule has 1 aromatic heterocycles. The second-order valence-corrected chi connectivity index (χ2v) is 23.5. The van der Waals surface area contributed by atoms with Crippen LogP contribution >= 0.6 is 0 Å². The molecule has 21 atom stereocenters. The van der Waals surface area contributed by atoms with Crippen LogP contribution < -0.4 is 11.5 Å². The molecule has 8 aliphatic carbocycles. The number of ketones is 1. The maximum Gasteiger partial charge on any atom is 0.313 e. The minimum absolute atomic E-state index is 0.00202. The molecule has 1 aromatic rings. The van der Waals surface area contributed by atoms with Crippen LogP contribution in [0.1, 0.15) is 123 Å². The number of carbonyl (C=O) groups excluding carboxylic acids is 2. The van der Waals surface area contributed by atoms with Crippen LogP contribution in [0.15, 0.2) is 46.8 Å². The fourth-order valence-electron chi connectivity index (χ4n) is 17.5. The Balaban J connectivity index is 1.12. The van der Waals surface area contributed by atoms with Crippen LogP contribution in [0, 0.1) is 99.6 Å². The summed E-state index contributed by atoms with van der Waals surface area (Å²) in [6.07, 6.45) is 13.1. The van der Waals surface area contributed by atoms with Gasteiger partial charge in [-0.05, 0) is 166 Å². The van der Waals surface area contributed by atoms with Gasteiger partial charge in [0.2, 0.25) is 0 Å². The Morgan fingerprint density at radius 1 is 0.954 bits per heavy atom. The Hall–Kier alpha value is -3.47. The third-order valence-corrected chi connectivity index (χ3v) is 20.2. The van der Waals surface area contributed by atoms with Crippen molar-refractivity contribution in [1.29, 1.82) is 0 Å². The first-order valence-corrected chi connectivity index (χ1v) is 25.2. The number of aliphatic imine (C=N–C) groups is 1. The van der Waals surface area contributed by atoms with Crippen LogP contribution in [0.25, 0.3) is 0 Å². The fraction of sp³-hybridized carbons (Fsp3) is 0.755. The Labute approximate surface area is 384 Å². The predicted molar refractivity (Wildman–Crippen MR) is 245 cm³/mol. The summed E-state index contributed by atoms with van der Waals surface area (Å²) < 4.78 is 5.91. The minimum atomic E-state index is -1.68. The summed E-state index contributed by atoms with van der Waals surface area (Å²) >= 11 is 0. The molecule has 10 N–H and O–H groups in total. The summed E-state index contributed by atoms with van der Waals surface area (Å²) in [7, 11) is 0. The predicted octanol–water partition coefficient (Wildman–Crippen LogP) is 5.14. The molecule has 0 amide bonds. The van der Waals surface area contributed by atoms with E-state index >= 15 is 0 Å². The Morgan fingerprint density at radius 3 is 2.51 bits per heavy atom. The normalized spacial score (nSPS) is 50.3. The van der Waals surface area contributed by atoms with Gasteiger partial charge in [-0.1, -0.05) is 38.3 Å². The number of hydrogen-bond donors (Lipinski definition) is 8. The van der Waals surface area contributed by atoms with E-state index in [1.54, 1.807) is 13.0 Å². The van der Waals surface area contributed by atoms with Crippen molar-refractivity contribution in [1.82, 2.24) is 4.98 Å². The number of aliphatic hydroxyl groups is 5. The number of allylic oxidation sites excluding steroid dienone is 3. The number of fused-ring (bicyclic) bond motifs is 10. The van der Waals surface area contributed by atoms with Crippen LogP contribution in [0.3, 0.4) is 0 Å². The number of H-pyrrole nitrogens is 1. The molecular formula is C53H74N4O8. The van der Waals surface area contributed by atoms with Gasteiger partial charge in [0.05, 0.1) is 42.0 Å². The first kappa shape index (κ1) is 45.3. The van der Waals surface area contributed by atoms with Gasteiger partial charge in [0.25, 0.3) is 0 Å². The molecule has 5 saturated carbocycles. The quantitative estimate of drug-likeness (QED) is 0.0653. The Morgan fingerprint density at radius 2 is 1.75 bits per heavy atom. The molecule has 6 fully saturated rings. The van der Waals surface area contributed by atoms with Gasteiger partial charge in [-0.15, -0.1) is 5.92 Å². The summed E-state index contributed by atoms with van der Waals surface area (Å²) in [6, 6.07) is 1.97. The maximum atomic E-state index is 14.5. The average molecular weight is 895 g/mol. The standard InChI is InChI=1S/C53H74N4O8/c1-27-8-9-29-11-13-35-28(2)17-44(61)51(4,63)47-32(7-5-6-30(18-37(35)36(29)16-27)38-26-65-48(62)45(38)33-14-15-56-24-33)22-53(64)40-20-41(58)39-19-42(59)43(60)23-50(39,3)46(40)31-10-12-34(25-57-49(54)55)52(47,53)21-31/h11,14-15,20,24,27-28,30-32,34-39,42-47,56,59-61,63-64H,7-10,12-13,16-19,21-23,25-26H2,1-4H3,(H4,54,55,57)/t27-,28-,30-,31+,32+,34+,35+,36-,37-,38+,39+,42-,43+,44-,45+,46+,47-,50+,51+,52+,53-/m1/s1. The third-order valence-electron chi connectivity index (χ3n) is 20.2. The summed E-state index contributed by atoms with van der Waals surface area (Å²) in [5.74, 6) is 5.71. The minimum Gasteiger partial charge on any atom is -0.465 e. The van der Waals surface area contributed by atoms with Crippen molar-refractivity contribution in [2.75, 3.05) is 13.2 Å². The Kier molecular flexibility index (Phi) is 11.4. The zero-order valence-electron chi connectivity index (χ0n) is 38.9. The highest BCUT2D eigenvalue weighted by molar-refractivity contribution is 5.95. The number of hydrogen-bond acceptors (Lipinski definition) is 9. The van der Waals surface area contributed by atoms with Gasteiger partial charge in [0.15, 0.2) is 11.7 Å². The number of rotatable bonds is 4. The molecule has 354 valence electrons. The molecular weight excluding hydrogens is 821 g/mol. The number of cyclic esters (lactones) is 1. The van der Waals surface area contributed by atoms with Crippen molar-refractivity contribution in [2.24, 2.45) is 104 Å². The summed E-state index contributed by atoms with van der Waals surface area (Å²) in [6.45, 7) is 8.96. The van der Waals surface area contributed by atoms with Crippen molar-refractivity contribution < 1.29 is 39.9 Å². The molecule has 9 aliphatic rings. The molecule has 0 radical (unpaired) electrons. The van der Waals surface area contributed by atoms with E-state index in [1.165, 1.54) is 12.0 Å². The molecule has 1 saturated heterocycles. The van der Waals surface area contributed by atoms with E-state index in [4.69, 9.17) is 16.2 Å². The van der Waals surface area contributed by atoms with Crippen LogP contribution in [-0.4, -0.2) is 90.9 Å².